The smallest absolute Gasteiger partial charge is 0.293 e. The van der Waals surface area contributed by atoms with Gasteiger partial charge in [0, 0.05) is 6.07 Å². The van der Waals surface area contributed by atoms with E-state index >= 15 is 0 Å². The van der Waals surface area contributed by atoms with E-state index in [1.807, 2.05) is 0 Å². The van der Waals surface area contributed by atoms with Crippen LogP contribution in [0.15, 0.2) is 34.7 Å². The Labute approximate surface area is 145 Å². The van der Waals surface area contributed by atoms with E-state index < -0.39 is 10.8 Å². The van der Waals surface area contributed by atoms with Gasteiger partial charge in [0.1, 0.15) is 11.4 Å². The van der Waals surface area contributed by atoms with Gasteiger partial charge < -0.3 is 9.73 Å². The number of benzene rings is 1. The number of piperidine rings is 1. The first-order valence-electron chi connectivity index (χ1n) is 8.40. The average Bonchev–Trinajstić information content (AvgIpc) is 3.06. The Morgan fingerprint density at radius 3 is 2.72 bits per heavy atom. The van der Waals surface area contributed by atoms with Crippen LogP contribution in [0.4, 0.5) is 11.4 Å². The highest BCUT2D eigenvalue weighted by Crippen LogP contribution is 2.26. The number of anilines is 1. The van der Waals surface area contributed by atoms with E-state index in [2.05, 4.69) is 10.2 Å². The Morgan fingerprint density at radius 1 is 1.24 bits per heavy atom. The Bertz CT molecular complexity index is 778. The molecule has 0 atom stereocenters. The summed E-state index contributed by atoms with van der Waals surface area (Å²) in [5.41, 5.74) is 0.787. The molecule has 1 aliphatic rings. The number of hydrogen-bond donors (Lipinski definition) is 1. The topological polar surface area (TPSA) is 88.6 Å². The standard InChI is InChI=1S/C18H21N3O4/c1-13-5-7-15(16(11-13)21(23)24)19-18(22)17-8-6-14(25-17)12-20-9-3-2-4-10-20/h5-8,11H,2-4,9-10,12H2,1H3,(H,19,22). The number of nitro groups is 1. The fourth-order valence-corrected chi connectivity index (χ4v) is 3.01. The molecule has 1 aromatic heterocycles. The molecule has 25 heavy (non-hydrogen) atoms. The molecule has 7 heteroatoms. The number of hydrogen-bond acceptors (Lipinski definition) is 5. The van der Waals surface area contributed by atoms with Crippen LogP contribution in [0, 0.1) is 17.0 Å². The zero-order chi connectivity index (χ0) is 17.8. The number of aryl methyl sites for hydroxylation is 1. The molecule has 3 rings (SSSR count). The van der Waals surface area contributed by atoms with Gasteiger partial charge in [0.2, 0.25) is 0 Å². The Morgan fingerprint density at radius 2 is 2.00 bits per heavy atom. The predicted octanol–water partition coefficient (Wildman–Crippen LogP) is 3.73. The van der Waals surface area contributed by atoms with Crippen LogP contribution in [0.5, 0.6) is 0 Å². The first kappa shape index (κ1) is 17.2. The summed E-state index contributed by atoms with van der Waals surface area (Å²) in [4.78, 5) is 25.3. The van der Waals surface area contributed by atoms with Crippen LogP contribution < -0.4 is 5.32 Å². The fourth-order valence-electron chi connectivity index (χ4n) is 3.01. The van der Waals surface area contributed by atoms with Crippen LogP contribution in [0.3, 0.4) is 0 Å². The van der Waals surface area contributed by atoms with Crippen molar-refractivity contribution in [3.63, 3.8) is 0 Å². The molecular formula is C18H21N3O4. The summed E-state index contributed by atoms with van der Waals surface area (Å²) in [7, 11) is 0. The van der Waals surface area contributed by atoms with Gasteiger partial charge in [-0.1, -0.05) is 12.5 Å². The van der Waals surface area contributed by atoms with Gasteiger partial charge in [0.25, 0.3) is 11.6 Å². The van der Waals surface area contributed by atoms with Crippen LogP contribution in [0.2, 0.25) is 0 Å². The van der Waals surface area contributed by atoms with Crippen molar-refractivity contribution in [2.75, 3.05) is 18.4 Å². The van der Waals surface area contributed by atoms with Crippen molar-refractivity contribution in [1.29, 1.82) is 0 Å². The maximum absolute atomic E-state index is 12.3. The van der Waals surface area contributed by atoms with E-state index in [-0.39, 0.29) is 17.1 Å². The first-order valence-corrected chi connectivity index (χ1v) is 8.40. The summed E-state index contributed by atoms with van der Waals surface area (Å²) >= 11 is 0. The summed E-state index contributed by atoms with van der Waals surface area (Å²) in [6.45, 7) is 4.52. The molecule has 0 saturated carbocycles. The Kier molecular flexibility index (Phi) is 5.14. The highest BCUT2D eigenvalue weighted by Gasteiger charge is 2.19. The lowest BCUT2D eigenvalue weighted by Gasteiger charge is -2.25. The van der Waals surface area contributed by atoms with Crippen molar-refractivity contribution in [3.8, 4) is 0 Å². The zero-order valence-electron chi connectivity index (χ0n) is 14.2. The molecule has 132 valence electrons. The van der Waals surface area contributed by atoms with Crippen LogP contribution in [0.25, 0.3) is 0 Å². The maximum Gasteiger partial charge on any atom is 0.293 e. The normalized spacial score (nSPS) is 15.1. The number of nitro benzene ring substituents is 1. The van der Waals surface area contributed by atoms with Crippen LogP contribution in [0.1, 0.15) is 41.1 Å². The van der Waals surface area contributed by atoms with Gasteiger partial charge in [-0.05, 0) is 56.6 Å². The van der Waals surface area contributed by atoms with Gasteiger partial charge in [-0.15, -0.1) is 0 Å². The third kappa shape index (κ3) is 4.24. The van der Waals surface area contributed by atoms with Crippen molar-refractivity contribution >= 4 is 17.3 Å². The van der Waals surface area contributed by atoms with Gasteiger partial charge in [0.05, 0.1) is 11.5 Å². The Hall–Kier alpha value is -2.67. The molecule has 1 fully saturated rings. The molecule has 1 amide bonds. The number of furan rings is 1. The summed E-state index contributed by atoms with van der Waals surface area (Å²) < 4.78 is 5.62. The van der Waals surface area contributed by atoms with Gasteiger partial charge in [0.15, 0.2) is 5.76 Å². The number of amides is 1. The molecular weight excluding hydrogens is 322 g/mol. The van der Waals surface area contributed by atoms with E-state index in [1.165, 1.54) is 31.4 Å². The third-order valence-corrected chi connectivity index (χ3v) is 4.31. The average molecular weight is 343 g/mol. The number of rotatable bonds is 5. The third-order valence-electron chi connectivity index (χ3n) is 4.31. The fraction of sp³-hybridized carbons (Fsp3) is 0.389. The summed E-state index contributed by atoms with van der Waals surface area (Å²) in [6.07, 6.45) is 3.63. The molecule has 1 saturated heterocycles. The highest BCUT2D eigenvalue weighted by molar-refractivity contribution is 6.03. The van der Waals surface area contributed by atoms with Crippen molar-refractivity contribution in [2.45, 2.75) is 32.7 Å². The quantitative estimate of drug-likeness (QED) is 0.660. The lowest BCUT2D eigenvalue weighted by Crippen LogP contribution is -2.28. The largest absolute Gasteiger partial charge is 0.455 e. The van der Waals surface area contributed by atoms with E-state index in [9.17, 15) is 14.9 Å². The number of nitrogens with one attached hydrogen (secondary N) is 1. The van der Waals surface area contributed by atoms with Crippen molar-refractivity contribution in [3.05, 3.63) is 57.5 Å². The molecule has 2 heterocycles. The number of carbonyl (C=O) groups is 1. The maximum atomic E-state index is 12.3. The summed E-state index contributed by atoms with van der Waals surface area (Å²) in [5.74, 6) is 0.393. The van der Waals surface area contributed by atoms with E-state index in [0.717, 1.165) is 24.4 Å². The monoisotopic (exact) mass is 343 g/mol. The van der Waals surface area contributed by atoms with Crippen LogP contribution in [-0.4, -0.2) is 28.8 Å². The molecule has 0 bridgehead atoms. The second-order valence-electron chi connectivity index (χ2n) is 6.33. The van der Waals surface area contributed by atoms with E-state index in [0.29, 0.717) is 6.54 Å². The van der Waals surface area contributed by atoms with Gasteiger partial charge in [-0.2, -0.15) is 0 Å². The Balaban J connectivity index is 1.69. The number of carbonyl (C=O) groups excluding carboxylic acids is 1. The minimum atomic E-state index is -0.507. The van der Waals surface area contributed by atoms with E-state index in [1.54, 1.807) is 25.1 Å². The van der Waals surface area contributed by atoms with Crippen molar-refractivity contribution < 1.29 is 14.1 Å². The second kappa shape index (κ2) is 7.48. The molecule has 7 nitrogen and oxygen atoms in total. The minimum Gasteiger partial charge on any atom is -0.455 e. The first-order chi connectivity index (χ1) is 12.0. The minimum absolute atomic E-state index is 0.131. The van der Waals surface area contributed by atoms with E-state index in [4.69, 9.17) is 4.42 Å². The molecule has 2 aromatic rings. The van der Waals surface area contributed by atoms with Gasteiger partial charge in [-0.25, -0.2) is 0 Å². The molecule has 0 aliphatic carbocycles. The molecule has 0 radical (unpaired) electrons. The van der Waals surface area contributed by atoms with Crippen molar-refractivity contribution in [1.82, 2.24) is 4.90 Å². The van der Waals surface area contributed by atoms with Gasteiger partial charge in [-0.3, -0.25) is 19.8 Å². The number of likely N-dealkylation sites (tertiary alicyclic amines) is 1. The predicted molar refractivity (Wildman–Crippen MR) is 93.6 cm³/mol. The molecule has 1 aliphatic heterocycles. The number of nitrogens with zero attached hydrogens (tertiary/aromatic N) is 2. The highest BCUT2D eigenvalue weighted by atomic mass is 16.6. The van der Waals surface area contributed by atoms with Gasteiger partial charge >= 0.3 is 0 Å². The second-order valence-corrected chi connectivity index (χ2v) is 6.33. The summed E-state index contributed by atoms with van der Waals surface area (Å²) in [5, 5.41) is 13.7. The molecule has 0 unspecified atom stereocenters. The van der Waals surface area contributed by atoms with Crippen molar-refractivity contribution in [2.24, 2.45) is 0 Å². The lowest BCUT2D eigenvalue weighted by molar-refractivity contribution is -0.384. The molecule has 1 aromatic carbocycles. The van der Waals surface area contributed by atoms with Crippen LogP contribution >= 0.6 is 0 Å². The van der Waals surface area contributed by atoms with Crippen LogP contribution in [-0.2, 0) is 6.54 Å². The molecule has 1 N–H and O–H groups in total. The zero-order valence-corrected chi connectivity index (χ0v) is 14.2. The lowest BCUT2D eigenvalue weighted by atomic mass is 10.1. The molecule has 0 spiro atoms. The SMILES string of the molecule is Cc1ccc(NC(=O)c2ccc(CN3CCCCC3)o2)c([N+](=O)[O-])c1. The summed E-state index contributed by atoms with van der Waals surface area (Å²) in [6, 6.07) is 8.07.